The number of thiophene rings is 1. The van der Waals surface area contributed by atoms with Crippen LogP contribution in [0.25, 0.3) is 0 Å². The largest absolute Gasteiger partial charge is 0.394 e. The van der Waals surface area contributed by atoms with Crippen LogP contribution in [0.15, 0.2) is 26.3 Å². The van der Waals surface area contributed by atoms with Gasteiger partial charge in [0.15, 0.2) is 0 Å². The van der Waals surface area contributed by atoms with Crippen molar-refractivity contribution in [2.75, 3.05) is 17.2 Å². The lowest BCUT2D eigenvalue weighted by molar-refractivity contribution is 0.281. The molecule has 1 atom stereocenters. The molecule has 0 unspecified atom stereocenters. The highest BCUT2D eigenvalue weighted by Gasteiger charge is 2.13. The molecule has 2 aromatic rings. The van der Waals surface area contributed by atoms with Crippen LogP contribution in [0.3, 0.4) is 0 Å². The summed E-state index contributed by atoms with van der Waals surface area (Å²) < 4.78 is 23.2. The fourth-order valence-corrected chi connectivity index (χ4v) is 3.31. The Balaban J connectivity index is 2.19. The van der Waals surface area contributed by atoms with Gasteiger partial charge < -0.3 is 15.7 Å². The van der Waals surface area contributed by atoms with E-state index in [4.69, 9.17) is 10.2 Å². The molecule has 0 saturated heterocycles. The van der Waals surface area contributed by atoms with E-state index in [0.29, 0.717) is 16.0 Å². The number of aliphatic hydroxyl groups is 1. The molecule has 0 amide bonds. The van der Waals surface area contributed by atoms with E-state index in [0.717, 1.165) is 11.3 Å². The zero-order valence-corrected chi connectivity index (χ0v) is 14.7. The Morgan fingerprint density at radius 1 is 1.55 bits per heavy atom. The van der Waals surface area contributed by atoms with E-state index in [2.05, 4.69) is 36.5 Å². The van der Waals surface area contributed by atoms with Gasteiger partial charge in [0.1, 0.15) is 10.0 Å². The van der Waals surface area contributed by atoms with Crippen molar-refractivity contribution < 1.29 is 13.5 Å². The second-order valence-electron chi connectivity index (χ2n) is 4.44. The Morgan fingerprint density at radius 2 is 2.27 bits per heavy atom. The molecule has 0 aliphatic carbocycles. The zero-order chi connectivity index (χ0) is 16.3. The van der Waals surface area contributed by atoms with E-state index in [1.54, 1.807) is 18.5 Å². The first-order valence-corrected chi connectivity index (χ1v) is 9.30. The summed E-state index contributed by atoms with van der Waals surface area (Å²) in [7, 11) is -3.72. The summed E-state index contributed by atoms with van der Waals surface area (Å²) in [6.45, 7) is 1.76. The first-order valence-electron chi connectivity index (χ1n) is 6.08. The van der Waals surface area contributed by atoms with Crippen molar-refractivity contribution in [2.24, 2.45) is 5.14 Å². The smallest absolute Gasteiger partial charge is 0.247 e. The Labute approximate surface area is 140 Å². The zero-order valence-electron chi connectivity index (χ0n) is 11.4. The van der Waals surface area contributed by atoms with Crippen LogP contribution >= 0.6 is 27.3 Å². The number of nitrogens with zero attached hydrogens (tertiary/aromatic N) is 2. The molecular formula is C11H14BrN5O3S2. The Bertz CT molecular complexity index is 765. The lowest BCUT2D eigenvalue weighted by atomic mass is 10.3. The van der Waals surface area contributed by atoms with Crippen LogP contribution in [0.5, 0.6) is 0 Å². The van der Waals surface area contributed by atoms with Gasteiger partial charge >= 0.3 is 0 Å². The molecule has 11 heteroatoms. The molecule has 2 aromatic heterocycles. The number of hydrogen-bond acceptors (Lipinski definition) is 8. The second-order valence-corrected chi connectivity index (χ2v) is 8.00. The molecule has 8 nitrogen and oxygen atoms in total. The van der Waals surface area contributed by atoms with E-state index in [1.807, 2.05) is 0 Å². The van der Waals surface area contributed by atoms with Gasteiger partial charge in [0, 0.05) is 17.6 Å². The van der Waals surface area contributed by atoms with Gasteiger partial charge in [-0.1, -0.05) is 0 Å². The maximum absolute atomic E-state index is 11.2. The summed E-state index contributed by atoms with van der Waals surface area (Å²) in [5.41, 5.74) is 0.525. The molecule has 2 heterocycles. The van der Waals surface area contributed by atoms with Crippen molar-refractivity contribution in [1.29, 1.82) is 0 Å². The number of aromatic nitrogens is 2. The summed E-state index contributed by atoms with van der Waals surface area (Å²) in [5, 5.41) is 21.6. The third kappa shape index (κ3) is 4.36. The quantitative estimate of drug-likeness (QED) is 0.570. The van der Waals surface area contributed by atoms with Crippen molar-refractivity contribution in [3.8, 4) is 0 Å². The molecule has 22 heavy (non-hydrogen) atoms. The second kappa shape index (κ2) is 6.87. The van der Waals surface area contributed by atoms with Crippen LogP contribution in [0, 0.1) is 0 Å². The molecule has 0 fully saturated rings. The number of hydrogen-bond donors (Lipinski definition) is 4. The molecule has 2 rings (SSSR count). The first kappa shape index (κ1) is 17.1. The van der Waals surface area contributed by atoms with E-state index in [1.165, 1.54) is 6.07 Å². The fourth-order valence-electron chi connectivity index (χ4n) is 1.47. The van der Waals surface area contributed by atoms with Crippen molar-refractivity contribution in [2.45, 2.75) is 17.2 Å². The number of rotatable bonds is 6. The third-order valence-corrected chi connectivity index (χ3v) is 5.48. The Hall–Kier alpha value is -1.27. The maximum Gasteiger partial charge on any atom is 0.247 e. The highest BCUT2D eigenvalue weighted by Crippen LogP contribution is 2.26. The minimum atomic E-state index is -3.72. The monoisotopic (exact) mass is 407 g/mol. The molecule has 0 aliphatic rings. The van der Waals surface area contributed by atoms with Gasteiger partial charge in [-0.05, 0) is 28.9 Å². The van der Waals surface area contributed by atoms with Gasteiger partial charge in [-0.3, -0.25) is 0 Å². The molecule has 0 aliphatic heterocycles. The molecule has 0 radical (unpaired) electrons. The fraction of sp³-hybridized carbons (Fsp3) is 0.273. The van der Waals surface area contributed by atoms with Crippen molar-refractivity contribution in [1.82, 2.24) is 9.97 Å². The molecule has 0 bridgehead atoms. The summed E-state index contributed by atoms with van der Waals surface area (Å²) in [6, 6.07) is 1.24. The number of anilines is 3. The van der Waals surface area contributed by atoms with Gasteiger partial charge in [0.25, 0.3) is 0 Å². The Kier molecular flexibility index (Phi) is 5.34. The molecule has 120 valence electrons. The van der Waals surface area contributed by atoms with Crippen LogP contribution in [-0.2, 0) is 10.0 Å². The van der Waals surface area contributed by atoms with E-state index in [9.17, 15) is 8.42 Å². The topological polar surface area (TPSA) is 130 Å². The minimum absolute atomic E-state index is 0.0402. The van der Waals surface area contributed by atoms with Crippen LogP contribution in [-0.4, -0.2) is 36.1 Å². The summed E-state index contributed by atoms with van der Waals surface area (Å²) >= 11 is 4.32. The SMILES string of the molecule is C[C@H](CO)Nc1nc(Nc2csc(S(N)(=O)=O)c2)ncc1Br. The van der Waals surface area contributed by atoms with Gasteiger partial charge in [0.05, 0.1) is 16.8 Å². The third-order valence-electron chi connectivity index (χ3n) is 2.51. The maximum atomic E-state index is 11.2. The van der Waals surface area contributed by atoms with E-state index in [-0.39, 0.29) is 22.8 Å². The van der Waals surface area contributed by atoms with Crippen LogP contribution in [0.2, 0.25) is 0 Å². The number of nitrogens with one attached hydrogen (secondary N) is 2. The van der Waals surface area contributed by atoms with Gasteiger partial charge in [0.2, 0.25) is 16.0 Å². The number of aliphatic hydroxyl groups excluding tert-OH is 1. The standard InChI is InChI=1S/C11H14BrN5O3S2/c1-6(4-18)15-10-8(12)3-14-11(17-10)16-7-2-9(21-5-7)22(13,19)20/h2-3,5-6,18H,4H2,1H3,(H2,13,19,20)(H2,14,15,16,17)/t6-/m1/s1. The average molecular weight is 408 g/mol. The lowest BCUT2D eigenvalue weighted by Crippen LogP contribution is -2.20. The predicted molar refractivity (Wildman–Crippen MR) is 88.9 cm³/mol. The van der Waals surface area contributed by atoms with Gasteiger partial charge in [-0.2, -0.15) is 4.98 Å². The molecule has 0 spiro atoms. The molecule has 5 N–H and O–H groups in total. The number of primary sulfonamides is 1. The van der Waals surface area contributed by atoms with Crippen LogP contribution < -0.4 is 15.8 Å². The normalized spacial score (nSPS) is 12.9. The van der Waals surface area contributed by atoms with Crippen molar-refractivity contribution in [3.05, 3.63) is 22.1 Å². The lowest BCUT2D eigenvalue weighted by Gasteiger charge is -2.13. The molecular weight excluding hydrogens is 394 g/mol. The Morgan fingerprint density at radius 3 is 2.86 bits per heavy atom. The van der Waals surface area contributed by atoms with Crippen molar-refractivity contribution >= 4 is 54.7 Å². The average Bonchev–Trinajstić information content (AvgIpc) is 2.91. The highest BCUT2D eigenvalue weighted by atomic mass is 79.9. The molecule has 0 aromatic carbocycles. The van der Waals surface area contributed by atoms with E-state index < -0.39 is 10.0 Å². The van der Waals surface area contributed by atoms with Crippen LogP contribution in [0.1, 0.15) is 6.92 Å². The van der Waals surface area contributed by atoms with Gasteiger partial charge in [-0.25, -0.2) is 18.5 Å². The van der Waals surface area contributed by atoms with Crippen LogP contribution in [0.4, 0.5) is 17.5 Å². The number of sulfonamides is 1. The highest BCUT2D eigenvalue weighted by molar-refractivity contribution is 9.10. The number of halogens is 1. The van der Waals surface area contributed by atoms with Gasteiger partial charge in [-0.15, -0.1) is 11.3 Å². The number of nitrogens with two attached hydrogens (primary N) is 1. The minimum Gasteiger partial charge on any atom is -0.394 e. The van der Waals surface area contributed by atoms with Crippen molar-refractivity contribution in [3.63, 3.8) is 0 Å². The predicted octanol–water partition coefficient (Wildman–Crippen LogP) is 1.48. The molecule has 0 saturated carbocycles. The summed E-state index contributed by atoms with van der Waals surface area (Å²) in [6.07, 6.45) is 1.55. The summed E-state index contributed by atoms with van der Waals surface area (Å²) in [5.74, 6) is 0.801. The first-order chi connectivity index (χ1) is 10.3. The van der Waals surface area contributed by atoms with E-state index >= 15 is 0 Å². The summed E-state index contributed by atoms with van der Waals surface area (Å²) in [4.78, 5) is 8.35.